The lowest BCUT2D eigenvalue weighted by molar-refractivity contribution is -0.122. The number of aliphatic hydroxyl groups excluding tert-OH is 2. The van der Waals surface area contributed by atoms with E-state index in [1.54, 1.807) is 0 Å². The van der Waals surface area contributed by atoms with E-state index in [0.717, 1.165) is 49.7 Å². The Hall–Kier alpha value is -1.92. The van der Waals surface area contributed by atoms with Crippen molar-refractivity contribution in [3.8, 4) is 0 Å². The van der Waals surface area contributed by atoms with Gasteiger partial charge in [0.15, 0.2) is 0 Å². The van der Waals surface area contributed by atoms with E-state index in [1.807, 2.05) is 24.3 Å². The molecule has 1 aromatic rings. The molecule has 1 rings (SSSR count). The summed E-state index contributed by atoms with van der Waals surface area (Å²) in [4.78, 5) is 24.8. The van der Waals surface area contributed by atoms with Crippen LogP contribution in [-0.4, -0.2) is 34.2 Å². The zero-order valence-corrected chi connectivity index (χ0v) is 32.8. The number of benzene rings is 1. The third-order valence-corrected chi connectivity index (χ3v) is 10.2. The van der Waals surface area contributed by atoms with E-state index in [4.69, 9.17) is 0 Å². The predicted molar refractivity (Wildman–Crippen MR) is 212 cm³/mol. The molecule has 290 valence electrons. The number of carbonyl (C=O) groups is 2. The van der Waals surface area contributed by atoms with Crippen LogP contribution in [0.3, 0.4) is 0 Å². The molecule has 0 fully saturated rings. The summed E-state index contributed by atoms with van der Waals surface area (Å²) in [6, 6.07) is 7.89. The fourth-order valence-corrected chi connectivity index (χ4v) is 6.75. The van der Waals surface area contributed by atoms with Gasteiger partial charge in [-0.25, -0.2) is 0 Å². The smallest absolute Gasteiger partial charge is 0.220 e. The van der Waals surface area contributed by atoms with Crippen molar-refractivity contribution in [1.29, 1.82) is 0 Å². The number of hydrogen-bond acceptors (Lipinski definition) is 4. The molecule has 4 N–H and O–H groups in total. The molecule has 0 aliphatic heterocycles. The molecule has 2 unspecified atom stereocenters. The second kappa shape index (κ2) is 34.2. The molecule has 0 aliphatic carbocycles. The number of unbranched alkanes of at least 4 members (excludes halogenated alkanes) is 22. The van der Waals surface area contributed by atoms with Gasteiger partial charge >= 0.3 is 0 Å². The summed E-state index contributed by atoms with van der Waals surface area (Å²) in [6.45, 7) is 5.39. The van der Waals surface area contributed by atoms with Crippen LogP contribution in [0.5, 0.6) is 0 Å². The first-order chi connectivity index (χ1) is 24.4. The van der Waals surface area contributed by atoms with Crippen LogP contribution < -0.4 is 10.6 Å². The molecular weight excluding hydrogens is 620 g/mol. The van der Waals surface area contributed by atoms with Crippen LogP contribution in [0.25, 0.3) is 0 Å². The van der Waals surface area contributed by atoms with Gasteiger partial charge in [0, 0.05) is 25.9 Å². The Morgan fingerprint density at radius 2 is 0.780 bits per heavy atom. The van der Waals surface area contributed by atoms with Crippen molar-refractivity contribution >= 4 is 11.8 Å². The molecule has 0 aliphatic rings. The predicted octanol–water partition coefficient (Wildman–Crippen LogP) is 11.4. The van der Waals surface area contributed by atoms with E-state index in [1.165, 1.54) is 128 Å². The number of amides is 2. The number of nitrogens with one attached hydrogen (secondary N) is 2. The minimum atomic E-state index is -0.411. The van der Waals surface area contributed by atoms with Gasteiger partial charge < -0.3 is 20.8 Å². The molecule has 2 atom stereocenters. The van der Waals surface area contributed by atoms with Crippen LogP contribution in [-0.2, 0) is 22.7 Å². The number of aliphatic hydroxyl groups is 2. The SMILES string of the molecule is CCCCCCCCCCCCCCC(O)CCC(=O)NCc1cccc(CNC(=O)CCC(O)CCCCCCCCCCCCCC)c1. The molecule has 1 aromatic carbocycles. The quantitative estimate of drug-likeness (QED) is 0.0524. The zero-order valence-electron chi connectivity index (χ0n) is 32.8. The van der Waals surface area contributed by atoms with Crippen molar-refractivity contribution in [3.05, 3.63) is 35.4 Å². The molecule has 6 nitrogen and oxygen atoms in total. The zero-order chi connectivity index (χ0) is 36.3. The van der Waals surface area contributed by atoms with Gasteiger partial charge in [-0.15, -0.1) is 0 Å². The summed E-state index contributed by atoms with van der Waals surface area (Å²) in [5, 5.41) is 26.6. The van der Waals surface area contributed by atoms with Crippen molar-refractivity contribution in [1.82, 2.24) is 10.6 Å². The molecule has 0 bridgehead atoms. The molecule has 2 amide bonds. The highest BCUT2D eigenvalue weighted by molar-refractivity contribution is 5.76. The maximum absolute atomic E-state index is 12.4. The molecule has 0 aromatic heterocycles. The van der Waals surface area contributed by atoms with Gasteiger partial charge in [0.05, 0.1) is 12.2 Å². The third-order valence-electron chi connectivity index (χ3n) is 10.2. The average molecular weight is 701 g/mol. The molecule has 0 heterocycles. The maximum Gasteiger partial charge on any atom is 0.220 e. The van der Waals surface area contributed by atoms with E-state index in [0.29, 0.717) is 38.8 Å². The highest BCUT2D eigenvalue weighted by Crippen LogP contribution is 2.16. The second-order valence-corrected chi connectivity index (χ2v) is 15.1. The second-order valence-electron chi connectivity index (χ2n) is 15.1. The van der Waals surface area contributed by atoms with Crippen molar-refractivity contribution in [2.24, 2.45) is 0 Å². The van der Waals surface area contributed by atoms with Gasteiger partial charge in [-0.2, -0.15) is 0 Å². The monoisotopic (exact) mass is 701 g/mol. The minimum Gasteiger partial charge on any atom is -0.393 e. The lowest BCUT2D eigenvalue weighted by Crippen LogP contribution is -2.25. The Balaban J connectivity index is 2.04. The third kappa shape index (κ3) is 29.8. The maximum atomic E-state index is 12.4. The highest BCUT2D eigenvalue weighted by atomic mass is 16.3. The normalized spacial score (nSPS) is 12.6. The van der Waals surface area contributed by atoms with Gasteiger partial charge in [0.2, 0.25) is 11.8 Å². The first-order valence-electron chi connectivity index (χ1n) is 21.4. The van der Waals surface area contributed by atoms with Crippen LogP contribution in [0.4, 0.5) is 0 Å². The lowest BCUT2D eigenvalue weighted by atomic mass is 10.0. The Bertz CT molecular complexity index is 854. The fourth-order valence-electron chi connectivity index (χ4n) is 6.75. The number of hydrogen-bond donors (Lipinski definition) is 4. The average Bonchev–Trinajstić information content (AvgIpc) is 3.12. The summed E-state index contributed by atoms with van der Waals surface area (Å²) in [6.07, 6.45) is 33.7. The molecule has 0 spiro atoms. The van der Waals surface area contributed by atoms with Gasteiger partial charge in [-0.1, -0.05) is 192 Å². The Kier molecular flexibility index (Phi) is 31.5. The topological polar surface area (TPSA) is 98.7 Å². The number of rotatable bonds is 36. The standard InChI is InChI=1S/C44H80N2O4/c1-3-5-7-9-11-13-15-17-19-21-23-25-30-41(47)32-34-43(49)45-37-39-28-27-29-40(36-39)38-46-44(50)35-33-42(48)31-26-24-22-20-18-16-14-12-10-8-6-4-2/h27-29,36,41-42,47-48H,3-26,30-35,37-38H2,1-2H3,(H,45,49)(H,46,50). The van der Waals surface area contributed by atoms with E-state index >= 15 is 0 Å². The van der Waals surface area contributed by atoms with Crippen molar-refractivity contribution in [2.75, 3.05) is 0 Å². The Morgan fingerprint density at radius 3 is 1.10 bits per heavy atom. The molecule has 0 saturated heterocycles. The van der Waals surface area contributed by atoms with Gasteiger partial charge in [-0.3, -0.25) is 9.59 Å². The Morgan fingerprint density at radius 1 is 0.480 bits per heavy atom. The molecular formula is C44H80N2O4. The summed E-state index contributed by atoms with van der Waals surface area (Å²) in [7, 11) is 0. The van der Waals surface area contributed by atoms with Crippen molar-refractivity contribution in [2.45, 2.75) is 232 Å². The van der Waals surface area contributed by atoms with Crippen LogP contribution in [0.2, 0.25) is 0 Å². The van der Waals surface area contributed by atoms with Gasteiger partial charge in [0.25, 0.3) is 0 Å². The molecule has 0 radical (unpaired) electrons. The fraction of sp³-hybridized carbons (Fsp3) is 0.818. The summed E-state index contributed by atoms with van der Waals surface area (Å²) in [5.74, 6) is -0.0842. The van der Waals surface area contributed by atoms with Crippen LogP contribution in [0.15, 0.2) is 24.3 Å². The molecule has 6 heteroatoms. The summed E-state index contributed by atoms with van der Waals surface area (Å²) in [5.41, 5.74) is 1.97. The summed E-state index contributed by atoms with van der Waals surface area (Å²) >= 11 is 0. The van der Waals surface area contributed by atoms with Crippen molar-refractivity contribution < 1.29 is 19.8 Å². The van der Waals surface area contributed by atoms with Crippen LogP contribution in [0.1, 0.15) is 218 Å². The number of carbonyl (C=O) groups excluding carboxylic acids is 2. The Labute approximate surface area is 308 Å². The van der Waals surface area contributed by atoms with Gasteiger partial charge in [0.1, 0.15) is 0 Å². The lowest BCUT2D eigenvalue weighted by Gasteiger charge is -2.12. The minimum absolute atomic E-state index is 0.0421. The van der Waals surface area contributed by atoms with Crippen molar-refractivity contribution in [3.63, 3.8) is 0 Å². The summed E-state index contributed by atoms with van der Waals surface area (Å²) < 4.78 is 0. The van der Waals surface area contributed by atoms with E-state index in [9.17, 15) is 19.8 Å². The van der Waals surface area contributed by atoms with Crippen LogP contribution in [0, 0.1) is 0 Å². The van der Waals surface area contributed by atoms with E-state index in [2.05, 4.69) is 24.5 Å². The molecule has 50 heavy (non-hydrogen) atoms. The highest BCUT2D eigenvalue weighted by Gasteiger charge is 2.10. The van der Waals surface area contributed by atoms with E-state index < -0.39 is 12.2 Å². The first kappa shape index (κ1) is 46.1. The first-order valence-corrected chi connectivity index (χ1v) is 21.4. The van der Waals surface area contributed by atoms with Crippen LogP contribution >= 0.6 is 0 Å². The van der Waals surface area contributed by atoms with E-state index in [-0.39, 0.29) is 11.8 Å². The largest absolute Gasteiger partial charge is 0.393 e. The molecule has 0 saturated carbocycles. The van der Waals surface area contributed by atoms with Gasteiger partial charge in [-0.05, 0) is 36.8 Å².